The van der Waals surface area contributed by atoms with Crippen LogP contribution in [0.25, 0.3) is 16.9 Å². The standard InChI is InChI=1S/C20H19Cl2N3/c1-13-6-2-3-7-15(13)19-16-8-4-5-11-23-20(16)25(24-19)14-9-10-17(21)18(22)12-14/h2-3,6-7,9-10,12,23H,4-5,8,11H2,1H3. The molecule has 128 valence electrons. The van der Waals surface area contributed by atoms with E-state index in [1.165, 1.54) is 16.7 Å². The van der Waals surface area contributed by atoms with Crippen molar-refractivity contribution in [2.24, 2.45) is 0 Å². The van der Waals surface area contributed by atoms with Crippen LogP contribution in [0.5, 0.6) is 0 Å². The second-order valence-corrected chi connectivity index (χ2v) is 7.20. The van der Waals surface area contributed by atoms with Gasteiger partial charge in [-0.2, -0.15) is 5.10 Å². The van der Waals surface area contributed by atoms with E-state index in [9.17, 15) is 0 Å². The van der Waals surface area contributed by atoms with Crippen LogP contribution in [-0.2, 0) is 6.42 Å². The lowest BCUT2D eigenvalue weighted by molar-refractivity contribution is 0.780. The third-order valence-corrected chi connectivity index (χ3v) is 5.42. The van der Waals surface area contributed by atoms with E-state index in [1.54, 1.807) is 0 Å². The van der Waals surface area contributed by atoms with E-state index in [2.05, 4.69) is 36.5 Å². The Balaban J connectivity index is 1.93. The number of fused-ring (bicyclic) bond motifs is 1. The molecular weight excluding hydrogens is 353 g/mol. The van der Waals surface area contributed by atoms with Crippen LogP contribution in [0.1, 0.15) is 24.0 Å². The number of nitrogens with zero attached hydrogens (tertiary/aromatic N) is 2. The van der Waals surface area contributed by atoms with E-state index in [0.29, 0.717) is 10.0 Å². The number of benzene rings is 2. The number of anilines is 1. The van der Waals surface area contributed by atoms with Gasteiger partial charge in [0, 0.05) is 17.7 Å². The summed E-state index contributed by atoms with van der Waals surface area (Å²) >= 11 is 12.3. The van der Waals surface area contributed by atoms with Crippen molar-refractivity contribution in [2.75, 3.05) is 11.9 Å². The Bertz CT molecular complexity index is 931. The first-order valence-electron chi connectivity index (χ1n) is 8.52. The molecule has 0 amide bonds. The number of rotatable bonds is 2. The van der Waals surface area contributed by atoms with Gasteiger partial charge >= 0.3 is 0 Å². The second-order valence-electron chi connectivity index (χ2n) is 6.38. The zero-order valence-corrected chi connectivity index (χ0v) is 15.5. The highest BCUT2D eigenvalue weighted by Crippen LogP contribution is 2.36. The van der Waals surface area contributed by atoms with Gasteiger partial charge in [-0.3, -0.25) is 0 Å². The lowest BCUT2D eigenvalue weighted by Gasteiger charge is -2.10. The van der Waals surface area contributed by atoms with E-state index in [1.807, 2.05) is 22.9 Å². The van der Waals surface area contributed by atoms with Gasteiger partial charge in [0.25, 0.3) is 0 Å². The fourth-order valence-electron chi connectivity index (χ4n) is 3.36. The molecule has 3 aromatic rings. The van der Waals surface area contributed by atoms with Crippen LogP contribution in [0.3, 0.4) is 0 Å². The molecule has 0 atom stereocenters. The van der Waals surface area contributed by atoms with Crippen LogP contribution in [0.2, 0.25) is 10.0 Å². The van der Waals surface area contributed by atoms with Crippen molar-refractivity contribution in [3.05, 3.63) is 63.6 Å². The third kappa shape index (κ3) is 3.03. The van der Waals surface area contributed by atoms with Gasteiger partial charge in [-0.15, -0.1) is 0 Å². The predicted octanol–water partition coefficient (Wildman–Crippen LogP) is 5.90. The smallest absolute Gasteiger partial charge is 0.133 e. The first-order valence-corrected chi connectivity index (χ1v) is 9.28. The monoisotopic (exact) mass is 371 g/mol. The molecule has 1 aliphatic heterocycles. The van der Waals surface area contributed by atoms with Gasteiger partial charge in [0.05, 0.1) is 21.4 Å². The molecule has 5 heteroatoms. The number of nitrogens with one attached hydrogen (secondary N) is 1. The normalized spacial score (nSPS) is 13.9. The average Bonchev–Trinajstić information content (AvgIpc) is 2.79. The van der Waals surface area contributed by atoms with Crippen LogP contribution in [0.15, 0.2) is 42.5 Å². The van der Waals surface area contributed by atoms with Gasteiger partial charge < -0.3 is 5.32 Å². The van der Waals surface area contributed by atoms with Crippen molar-refractivity contribution in [3.8, 4) is 16.9 Å². The summed E-state index contributed by atoms with van der Waals surface area (Å²) in [4.78, 5) is 0. The summed E-state index contributed by atoms with van der Waals surface area (Å²) in [6, 6.07) is 14.0. The van der Waals surface area contributed by atoms with Gasteiger partial charge in [0.2, 0.25) is 0 Å². The van der Waals surface area contributed by atoms with Crippen LogP contribution < -0.4 is 5.32 Å². The van der Waals surface area contributed by atoms with Crippen LogP contribution in [0, 0.1) is 6.92 Å². The summed E-state index contributed by atoms with van der Waals surface area (Å²) in [5.74, 6) is 1.06. The molecule has 0 saturated carbocycles. The van der Waals surface area contributed by atoms with Crippen LogP contribution >= 0.6 is 23.2 Å². The minimum Gasteiger partial charge on any atom is -0.370 e. The molecule has 1 aromatic heterocycles. The maximum Gasteiger partial charge on any atom is 0.133 e. The fraction of sp³-hybridized carbons (Fsp3) is 0.250. The molecule has 4 rings (SSSR count). The molecule has 0 unspecified atom stereocenters. The second kappa shape index (κ2) is 6.74. The summed E-state index contributed by atoms with van der Waals surface area (Å²) in [6.07, 6.45) is 3.34. The average molecular weight is 372 g/mol. The van der Waals surface area contributed by atoms with E-state index >= 15 is 0 Å². The summed E-state index contributed by atoms with van der Waals surface area (Å²) in [5.41, 5.74) is 5.65. The van der Waals surface area contributed by atoms with Crippen molar-refractivity contribution in [2.45, 2.75) is 26.2 Å². The zero-order chi connectivity index (χ0) is 17.4. The number of aromatic nitrogens is 2. The minimum absolute atomic E-state index is 0.537. The third-order valence-electron chi connectivity index (χ3n) is 4.68. The number of hydrogen-bond donors (Lipinski definition) is 1. The highest BCUT2D eigenvalue weighted by Gasteiger charge is 2.22. The number of hydrogen-bond acceptors (Lipinski definition) is 2. The summed E-state index contributed by atoms with van der Waals surface area (Å²) < 4.78 is 1.96. The van der Waals surface area contributed by atoms with Gasteiger partial charge in [0.1, 0.15) is 5.82 Å². The zero-order valence-electron chi connectivity index (χ0n) is 14.0. The topological polar surface area (TPSA) is 29.9 Å². The van der Waals surface area contributed by atoms with Crippen molar-refractivity contribution in [1.29, 1.82) is 0 Å². The first kappa shape index (κ1) is 16.5. The van der Waals surface area contributed by atoms with Crippen molar-refractivity contribution < 1.29 is 0 Å². The largest absolute Gasteiger partial charge is 0.370 e. The molecule has 0 saturated heterocycles. The van der Waals surface area contributed by atoms with Crippen molar-refractivity contribution in [1.82, 2.24) is 9.78 Å². The molecule has 3 nitrogen and oxygen atoms in total. The van der Waals surface area contributed by atoms with Gasteiger partial charge in [-0.1, -0.05) is 47.5 Å². The predicted molar refractivity (Wildman–Crippen MR) is 105 cm³/mol. The van der Waals surface area contributed by atoms with E-state index in [0.717, 1.165) is 43.0 Å². The Morgan fingerprint density at radius 3 is 2.68 bits per heavy atom. The summed E-state index contributed by atoms with van der Waals surface area (Å²) in [5, 5.41) is 9.61. The van der Waals surface area contributed by atoms with Gasteiger partial charge in [-0.25, -0.2) is 4.68 Å². The maximum atomic E-state index is 6.23. The van der Waals surface area contributed by atoms with E-state index in [-0.39, 0.29) is 0 Å². The van der Waals surface area contributed by atoms with E-state index < -0.39 is 0 Å². The molecule has 0 bridgehead atoms. The van der Waals surface area contributed by atoms with Crippen LogP contribution in [0.4, 0.5) is 5.82 Å². The SMILES string of the molecule is Cc1ccccc1-c1nn(-c2ccc(Cl)c(Cl)c2)c2c1CCCCN2. The molecule has 25 heavy (non-hydrogen) atoms. The Morgan fingerprint density at radius 1 is 1.04 bits per heavy atom. The Kier molecular flexibility index (Phi) is 4.45. The molecule has 2 heterocycles. The Hall–Kier alpha value is -1.97. The van der Waals surface area contributed by atoms with Crippen LogP contribution in [-0.4, -0.2) is 16.3 Å². The molecule has 0 radical (unpaired) electrons. The summed E-state index contributed by atoms with van der Waals surface area (Å²) in [7, 11) is 0. The molecule has 1 N–H and O–H groups in total. The summed E-state index contributed by atoms with van der Waals surface area (Å²) in [6.45, 7) is 3.08. The number of aryl methyl sites for hydroxylation is 1. The quantitative estimate of drug-likeness (QED) is 0.607. The maximum absolute atomic E-state index is 6.23. The Morgan fingerprint density at radius 2 is 1.88 bits per heavy atom. The first-order chi connectivity index (χ1) is 12.1. The molecule has 2 aromatic carbocycles. The highest BCUT2D eigenvalue weighted by molar-refractivity contribution is 6.42. The van der Waals surface area contributed by atoms with Crippen molar-refractivity contribution >= 4 is 29.0 Å². The Labute approximate surface area is 157 Å². The highest BCUT2D eigenvalue weighted by atomic mass is 35.5. The number of halogens is 2. The molecule has 0 spiro atoms. The van der Waals surface area contributed by atoms with Gasteiger partial charge in [-0.05, 0) is 49.9 Å². The lowest BCUT2D eigenvalue weighted by Crippen LogP contribution is -2.07. The molecule has 1 aliphatic rings. The molecule has 0 fully saturated rings. The van der Waals surface area contributed by atoms with Crippen molar-refractivity contribution in [3.63, 3.8) is 0 Å². The minimum atomic E-state index is 0.537. The lowest BCUT2D eigenvalue weighted by atomic mass is 10.00. The molecule has 0 aliphatic carbocycles. The fourth-order valence-corrected chi connectivity index (χ4v) is 3.65. The van der Waals surface area contributed by atoms with Gasteiger partial charge in [0.15, 0.2) is 0 Å². The van der Waals surface area contributed by atoms with E-state index in [4.69, 9.17) is 28.3 Å². The molecular formula is C20H19Cl2N3.